The predicted octanol–water partition coefficient (Wildman–Crippen LogP) is 2.71. The molecule has 1 aromatic carbocycles. The zero-order valence-corrected chi connectivity index (χ0v) is 14.8. The Morgan fingerprint density at radius 1 is 1.27 bits per heavy atom. The van der Waals surface area contributed by atoms with Crippen LogP contribution in [-0.2, 0) is 7.05 Å². The summed E-state index contributed by atoms with van der Waals surface area (Å²) in [5.74, 6) is 1.98. The number of hydrogen-bond acceptors (Lipinski definition) is 5. The van der Waals surface area contributed by atoms with Crippen LogP contribution in [0.2, 0.25) is 0 Å². The van der Waals surface area contributed by atoms with Crippen molar-refractivity contribution in [2.24, 2.45) is 7.05 Å². The quantitative estimate of drug-likeness (QED) is 0.722. The maximum atomic E-state index is 12.7. The van der Waals surface area contributed by atoms with Crippen molar-refractivity contribution in [1.82, 2.24) is 19.6 Å². The third kappa shape index (κ3) is 2.96. The lowest BCUT2D eigenvalue weighted by Crippen LogP contribution is -2.28. The third-order valence-electron chi connectivity index (χ3n) is 4.78. The van der Waals surface area contributed by atoms with Crippen LogP contribution >= 0.6 is 0 Å². The van der Waals surface area contributed by atoms with E-state index in [2.05, 4.69) is 10.1 Å². The normalized spacial score (nSPS) is 16.8. The highest BCUT2D eigenvalue weighted by Crippen LogP contribution is 2.29. The van der Waals surface area contributed by atoms with E-state index in [-0.39, 0.29) is 11.8 Å². The second kappa shape index (κ2) is 6.67. The average Bonchev–Trinajstić information content (AvgIpc) is 3.40. The van der Waals surface area contributed by atoms with Crippen LogP contribution in [0.4, 0.5) is 0 Å². The first-order valence-electron chi connectivity index (χ1n) is 8.54. The summed E-state index contributed by atoms with van der Waals surface area (Å²) in [6.07, 6.45) is 2.76. The monoisotopic (exact) mass is 352 g/mol. The first kappa shape index (κ1) is 16.4. The van der Waals surface area contributed by atoms with Crippen molar-refractivity contribution >= 4 is 5.91 Å². The highest BCUT2D eigenvalue weighted by molar-refractivity contribution is 5.94. The molecule has 7 nitrogen and oxygen atoms in total. The van der Waals surface area contributed by atoms with Gasteiger partial charge in [-0.15, -0.1) is 0 Å². The van der Waals surface area contributed by atoms with Gasteiger partial charge in [-0.25, -0.2) is 0 Å². The standard InChI is InChI=1S/C19H20N4O3/c1-22-10-3-4-16(22)17-20-18(26-21-17)14-9-11-23(12-14)19(24)13-5-7-15(25-2)8-6-13/h3-8,10,14H,9,11-12H2,1-2H3. The fraction of sp³-hybridized carbons (Fsp3) is 0.316. The van der Waals surface area contributed by atoms with E-state index in [1.54, 1.807) is 31.4 Å². The van der Waals surface area contributed by atoms with Gasteiger partial charge in [-0.2, -0.15) is 4.98 Å². The van der Waals surface area contributed by atoms with E-state index in [1.165, 1.54) is 0 Å². The van der Waals surface area contributed by atoms with E-state index in [4.69, 9.17) is 9.26 Å². The molecule has 1 aliphatic heterocycles. The smallest absolute Gasteiger partial charge is 0.253 e. The summed E-state index contributed by atoms with van der Waals surface area (Å²) in [6, 6.07) is 11.1. The van der Waals surface area contributed by atoms with Crippen LogP contribution in [0.25, 0.3) is 11.5 Å². The summed E-state index contributed by atoms with van der Waals surface area (Å²) >= 11 is 0. The summed E-state index contributed by atoms with van der Waals surface area (Å²) in [5, 5.41) is 4.09. The number of benzene rings is 1. The molecule has 1 amide bonds. The number of aryl methyl sites for hydroxylation is 1. The third-order valence-corrected chi connectivity index (χ3v) is 4.78. The fourth-order valence-electron chi connectivity index (χ4n) is 3.26. The van der Waals surface area contributed by atoms with Crippen LogP contribution in [0.15, 0.2) is 47.1 Å². The van der Waals surface area contributed by atoms with Gasteiger partial charge in [-0.05, 0) is 42.8 Å². The molecule has 4 rings (SSSR count). The fourth-order valence-corrected chi connectivity index (χ4v) is 3.26. The average molecular weight is 352 g/mol. The van der Waals surface area contributed by atoms with Crippen molar-refractivity contribution in [2.45, 2.75) is 12.3 Å². The highest BCUT2D eigenvalue weighted by Gasteiger charge is 2.31. The Labute approximate surface area is 151 Å². The number of rotatable bonds is 4. The number of carbonyl (C=O) groups is 1. The number of aromatic nitrogens is 3. The lowest BCUT2D eigenvalue weighted by Gasteiger charge is -2.16. The number of carbonyl (C=O) groups excluding carboxylic acids is 1. The minimum atomic E-state index is 0.0114. The van der Waals surface area contributed by atoms with E-state index in [1.807, 2.05) is 34.8 Å². The number of likely N-dealkylation sites (tertiary alicyclic amines) is 1. The maximum Gasteiger partial charge on any atom is 0.253 e. The van der Waals surface area contributed by atoms with Gasteiger partial charge >= 0.3 is 0 Å². The molecule has 3 heterocycles. The van der Waals surface area contributed by atoms with Gasteiger partial charge in [0.2, 0.25) is 11.7 Å². The van der Waals surface area contributed by atoms with Gasteiger partial charge < -0.3 is 18.7 Å². The molecular weight excluding hydrogens is 332 g/mol. The lowest BCUT2D eigenvalue weighted by atomic mass is 10.1. The first-order chi connectivity index (χ1) is 12.7. The molecule has 0 radical (unpaired) electrons. The highest BCUT2D eigenvalue weighted by atomic mass is 16.5. The lowest BCUT2D eigenvalue weighted by molar-refractivity contribution is 0.0789. The zero-order chi connectivity index (χ0) is 18.1. The number of nitrogens with zero attached hydrogens (tertiary/aromatic N) is 4. The molecule has 0 saturated carbocycles. The number of amides is 1. The zero-order valence-electron chi connectivity index (χ0n) is 14.8. The SMILES string of the molecule is COc1ccc(C(=O)N2CCC(c3nc(-c4cccn4C)no3)C2)cc1. The molecule has 0 N–H and O–H groups in total. The minimum absolute atomic E-state index is 0.0114. The first-order valence-corrected chi connectivity index (χ1v) is 8.54. The molecule has 7 heteroatoms. The summed E-state index contributed by atoms with van der Waals surface area (Å²) in [7, 11) is 3.55. The van der Waals surface area contributed by atoms with E-state index in [0.717, 1.165) is 17.9 Å². The molecule has 1 unspecified atom stereocenters. The second-order valence-corrected chi connectivity index (χ2v) is 6.43. The maximum absolute atomic E-state index is 12.7. The molecule has 2 aromatic heterocycles. The Balaban J connectivity index is 1.46. The second-order valence-electron chi connectivity index (χ2n) is 6.43. The molecule has 3 aromatic rings. The van der Waals surface area contributed by atoms with E-state index in [0.29, 0.717) is 30.4 Å². The van der Waals surface area contributed by atoms with Crippen LogP contribution in [-0.4, -0.2) is 45.7 Å². The van der Waals surface area contributed by atoms with Crippen LogP contribution in [0.5, 0.6) is 5.75 Å². The molecular formula is C19H20N4O3. The van der Waals surface area contributed by atoms with E-state index >= 15 is 0 Å². The summed E-state index contributed by atoms with van der Waals surface area (Å²) < 4.78 is 12.5. The number of methoxy groups -OCH3 is 1. The van der Waals surface area contributed by atoms with Gasteiger partial charge in [0.15, 0.2) is 0 Å². The van der Waals surface area contributed by atoms with Crippen molar-refractivity contribution in [2.75, 3.05) is 20.2 Å². The summed E-state index contributed by atoms with van der Waals surface area (Å²) in [5.41, 5.74) is 1.56. The molecule has 0 spiro atoms. The Morgan fingerprint density at radius 2 is 2.08 bits per heavy atom. The Kier molecular flexibility index (Phi) is 4.20. The molecule has 1 fully saturated rings. The van der Waals surface area contributed by atoms with Crippen molar-refractivity contribution in [1.29, 1.82) is 0 Å². The minimum Gasteiger partial charge on any atom is -0.497 e. The van der Waals surface area contributed by atoms with Gasteiger partial charge in [-0.3, -0.25) is 4.79 Å². The van der Waals surface area contributed by atoms with Crippen LogP contribution < -0.4 is 4.74 Å². The van der Waals surface area contributed by atoms with Gasteiger partial charge in [0.05, 0.1) is 18.7 Å². The van der Waals surface area contributed by atoms with Crippen LogP contribution in [0.1, 0.15) is 28.6 Å². The summed E-state index contributed by atoms with van der Waals surface area (Å²) in [4.78, 5) is 19.0. The topological polar surface area (TPSA) is 73.4 Å². The Hall–Kier alpha value is -3.09. The largest absolute Gasteiger partial charge is 0.497 e. The molecule has 1 atom stereocenters. The van der Waals surface area contributed by atoms with Crippen molar-refractivity contribution < 1.29 is 14.1 Å². The molecule has 134 valence electrons. The molecule has 1 aliphatic rings. The van der Waals surface area contributed by atoms with Crippen molar-refractivity contribution in [3.63, 3.8) is 0 Å². The molecule has 0 aliphatic carbocycles. The van der Waals surface area contributed by atoms with Gasteiger partial charge in [0.1, 0.15) is 5.75 Å². The van der Waals surface area contributed by atoms with Gasteiger partial charge in [0.25, 0.3) is 5.91 Å². The Bertz CT molecular complexity index is 913. The molecule has 26 heavy (non-hydrogen) atoms. The van der Waals surface area contributed by atoms with E-state index in [9.17, 15) is 4.79 Å². The van der Waals surface area contributed by atoms with Gasteiger partial charge in [0, 0.05) is 31.9 Å². The summed E-state index contributed by atoms with van der Waals surface area (Å²) in [6.45, 7) is 1.26. The van der Waals surface area contributed by atoms with Crippen molar-refractivity contribution in [3.05, 3.63) is 54.0 Å². The molecule has 0 bridgehead atoms. The van der Waals surface area contributed by atoms with Crippen molar-refractivity contribution in [3.8, 4) is 17.3 Å². The predicted molar refractivity (Wildman–Crippen MR) is 95.0 cm³/mol. The van der Waals surface area contributed by atoms with Crippen LogP contribution in [0, 0.1) is 0 Å². The number of hydrogen-bond donors (Lipinski definition) is 0. The van der Waals surface area contributed by atoms with Gasteiger partial charge in [-0.1, -0.05) is 5.16 Å². The molecule has 1 saturated heterocycles. The van der Waals surface area contributed by atoms with E-state index < -0.39 is 0 Å². The Morgan fingerprint density at radius 3 is 2.77 bits per heavy atom. The van der Waals surface area contributed by atoms with Crippen LogP contribution in [0.3, 0.4) is 0 Å². The number of ether oxygens (including phenoxy) is 1.